The van der Waals surface area contributed by atoms with Crippen molar-refractivity contribution in [1.29, 1.82) is 0 Å². The molecule has 0 atom stereocenters. The standard InChI is InChI=1S/C12H12ClN3O4S/c1-2-20-12(17)10-7-15-16(11(10)21(14,18)19)9-5-3-4-8(13)6-9/h3-7H,2H2,1H3,(H2,14,18,19). The number of ether oxygens (including phenoxy) is 1. The Hall–Kier alpha value is -1.90. The van der Waals surface area contributed by atoms with Crippen LogP contribution >= 0.6 is 11.6 Å². The van der Waals surface area contributed by atoms with Crippen molar-refractivity contribution in [2.45, 2.75) is 11.9 Å². The number of rotatable bonds is 4. The number of benzene rings is 1. The highest BCUT2D eigenvalue weighted by Gasteiger charge is 2.27. The van der Waals surface area contributed by atoms with Gasteiger partial charge in [0.05, 0.1) is 18.5 Å². The molecule has 2 rings (SSSR count). The van der Waals surface area contributed by atoms with Gasteiger partial charge in [-0.1, -0.05) is 17.7 Å². The molecule has 0 radical (unpaired) electrons. The smallest absolute Gasteiger partial charge is 0.342 e. The van der Waals surface area contributed by atoms with Gasteiger partial charge in [-0.15, -0.1) is 0 Å². The fourth-order valence-electron chi connectivity index (χ4n) is 1.75. The molecule has 0 aliphatic carbocycles. The fourth-order valence-corrected chi connectivity index (χ4v) is 2.77. The van der Waals surface area contributed by atoms with Gasteiger partial charge in [0.25, 0.3) is 10.0 Å². The third kappa shape index (κ3) is 3.23. The summed E-state index contributed by atoms with van der Waals surface area (Å²) in [5.41, 5.74) is 0.140. The summed E-state index contributed by atoms with van der Waals surface area (Å²) in [6.45, 7) is 1.71. The van der Waals surface area contributed by atoms with Crippen molar-refractivity contribution in [2.24, 2.45) is 5.14 Å². The normalized spacial score (nSPS) is 11.4. The fraction of sp³-hybridized carbons (Fsp3) is 0.167. The third-order valence-corrected chi connectivity index (χ3v) is 3.71. The van der Waals surface area contributed by atoms with E-state index < -0.39 is 21.0 Å². The van der Waals surface area contributed by atoms with Crippen LogP contribution in [0, 0.1) is 0 Å². The summed E-state index contributed by atoms with van der Waals surface area (Å²) in [4.78, 5) is 11.8. The number of hydrogen-bond donors (Lipinski definition) is 1. The second-order valence-corrected chi connectivity index (χ2v) is 5.93. The molecule has 0 saturated carbocycles. The molecule has 2 N–H and O–H groups in total. The number of esters is 1. The van der Waals surface area contributed by atoms with E-state index in [9.17, 15) is 13.2 Å². The van der Waals surface area contributed by atoms with Gasteiger partial charge in [-0.25, -0.2) is 23.0 Å². The van der Waals surface area contributed by atoms with Crippen LogP contribution in [-0.2, 0) is 14.8 Å². The first-order chi connectivity index (χ1) is 9.84. The van der Waals surface area contributed by atoms with Crippen LogP contribution in [-0.4, -0.2) is 30.8 Å². The van der Waals surface area contributed by atoms with Gasteiger partial charge in [-0.3, -0.25) is 0 Å². The first kappa shape index (κ1) is 15.5. The maximum absolute atomic E-state index is 11.8. The minimum absolute atomic E-state index is 0.102. The Morgan fingerprint density at radius 2 is 2.19 bits per heavy atom. The number of sulfonamides is 1. The summed E-state index contributed by atoms with van der Waals surface area (Å²) in [5.74, 6) is -0.810. The second kappa shape index (κ2) is 5.84. The lowest BCUT2D eigenvalue weighted by Gasteiger charge is -2.07. The zero-order valence-electron chi connectivity index (χ0n) is 11.0. The molecular formula is C12H12ClN3O4S. The van der Waals surface area contributed by atoms with Gasteiger partial charge < -0.3 is 4.74 Å². The Morgan fingerprint density at radius 1 is 1.48 bits per heavy atom. The molecule has 112 valence electrons. The molecule has 21 heavy (non-hydrogen) atoms. The largest absolute Gasteiger partial charge is 0.462 e. The molecule has 0 bridgehead atoms. The van der Waals surface area contributed by atoms with E-state index >= 15 is 0 Å². The van der Waals surface area contributed by atoms with E-state index in [0.29, 0.717) is 10.7 Å². The monoisotopic (exact) mass is 329 g/mol. The van der Waals surface area contributed by atoms with Crippen molar-refractivity contribution in [1.82, 2.24) is 9.78 Å². The van der Waals surface area contributed by atoms with Crippen molar-refractivity contribution >= 4 is 27.6 Å². The zero-order valence-corrected chi connectivity index (χ0v) is 12.6. The summed E-state index contributed by atoms with van der Waals surface area (Å²) < 4.78 is 29.4. The predicted octanol–water partition coefficient (Wildman–Crippen LogP) is 1.35. The zero-order chi connectivity index (χ0) is 15.6. The van der Waals surface area contributed by atoms with Crippen LogP contribution in [0.25, 0.3) is 5.69 Å². The van der Waals surface area contributed by atoms with Crippen molar-refractivity contribution in [2.75, 3.05) is 6.61 Å². The van der Waals surface area contributed by atoms with E-state index in [1.807, 2.05) is 0 Å². The minimum Gasteiger partial charge on any atom is -0.462 e. The second-order valence-electron chi connectivity index (χ2n) is 4.02. The van der Waals surface area contributed by atoms with Gasteiger partial charge >= 0.3 is 5.97 Å². The lowest BCUT2D eigenvalue weighted by Crippen LogP contribution is -2.21. The van der Waals surface area contributed by atoms with Crippen LogP contribution in [0.4, 0.5) is 0 Å². The SMILES string of the molecule is CCOC(=O)c1cnn(-c2cccc(Cl)c2)c1S(N)(=O)=O. The molecule has 9 heteroatoms. The average molecular weight is 330 g/mol. The molecule has 0 amide bonds. The predicted molar refractivity (Wildman–Crippen MR) is 75.9 cm³/mol. The Bertz CT molecular complexity index is 786. The number of halogens is 1. The van der Waals surface area contributed by atoms with E-state index in [0.717, 1.165) is 10.9 Å². The molecule has 0 spiro atoms. The Balaban J connectivity index is 2.66. The number of carbonyl (C=O) groups excluding carboxylic acids is 1. The molecule has 0 fully saturated rings. The number of nitrogens with zero attached hydrogens (tertiary/aromatic N) is 2. The van der Waals surface area contributed by atoms with Gasteiger partial charge in [-0.2, -0.15) is 5.10 Å². The summed E-state index contributed by atoms with van der Waals surface area (Å²) in [7, 11) is -4.19. The van der Waals surface area contributed by atoms with Crippen molar-refractivity contribution in [3.8, 4) is 5.69 Å². The molecule has 1 aromatic heterocycles. The number of nitrogens with two attached hydrogens (primary N) is 1. The molecule has 2 aromatic rings. The number of primary sulfonamides is 1. The van der Waals surface area contributed by atoms with Gasteiger partial charge in [0.2, 0.25) is 0 Å². The molecule has 1 aromatic carbocycles. The van der Waals surface area contributed by atoms with Gasteiger partial charge in [0.1, 0.15) is 5.56 Å². The first-order valence-corrected chi connectivity index (χ1v) is 7.81. The molecule has 1 heterocycles. The maximum atomic E-state index is 11.8. The first-order valence-electron chi connectivity index (χ1n) is 5.88. The quantitative estimate of drug-likeness (QED) is 0.852. The minimum atomic E-state index is -4.19. The van der Waals surface area contributed by atoms with Crippen LogP contribution in [0.2, 0.25) is 5.02 Å². The van der Waals surface area contributed by atoms with Crippen LogP contribution in [0.1, 0.15) is 17.3 Å². The van der Waals surface area contributed by atoms with Crippen molar-refractivity contribution in [3.05, 3.63) is 41.0 Å². The molecule has 0 aliphatic heterocycles. The lowest BCUT2D eigenvalue weighted by atomic mass is 10.3. The van der Waals surface area contributed by atoms with Crippen LogP contribution in [0.5, 0.6) is 0 Å². The Morgan fingerprint density at radius 3 is 2.76 bits per heavy atom. The average Bonchev–Trinajstić information content (AvgIpc) is 2.83. The van der Waals surface area contributed by atoms with Crippen LogP contribution < -0.4 is 5.14 Å². The number of hydrogen-bond acceptors (Lipinski definition) is 5. The number of carbonyl (C=O) groups is 1. The van der Waals surface area contributed by atoms with Crippen molar-refractivity contribution in [3.63, 3.8) is 0 Å². The lowest BCUT2D eigenvalue weighted by molar-refractivity contribution is 0.0521. The molecule has 0 aliphatic rings. The Labute approximate surface area is 126 Å². The van der Waals surface area contributed by atoms with E-state index in [1.54, 1.807) is 25.1 Å². The van der Waals surface area contributed by atoms with E-state index in [4.69, 9.17) is 21.5 Å². The van der Waals surface area contributed by atoms with E-state index in [-0.39, 0.29) is 12.2 Å². The summed E-state index contributed by atoms with van der Waals surface area (Å²) in [6.07, 6.45) is 1.10. The van der Waals surface area contributed by atoms with Gasteiger partial charge in [0, 0.05) is 5.02 Å². The summed E-state index contributed by atoms with van der Waals surface area (Å²) in [5, 5.41) is 9.03. The molecular weight excluding hydrogens is 318 g/mol. The Kier molecular flexibility index (Phi) is 4.31. The van der Waals surface area contributed by atoms with Crippen LogP contribution in [0.3, 0.4) is 0 Å². The van der Waals surface area contributed by atoms with Crippen molar-refractivity contribution < 1.29 is 17.9 Å². The van der Waals surface area contributed by atoms with Gasteiger partial charge in [-0.05, 0) is 25.1 Å². The third-order valence-electron chi connectivity index (χ3n) is 2.54. The van der Waals surface area contributed by atoms with E-state index in [2.05, 4.69) is 5.10 Å². The number of aromatic nitrogens is 2. The van der Waals surface area contributed by atoms with Gasteiger partial charge in [0.15, 0.2) is 5.03 Å². The molecule has 0 saturated heterocycles. The maximum Gasteiger partial charge on any atom is 0.342 e. The molecule has 0 unspecified atom stereocenters. The van der Waals surface area contributed by atoms with Crippen LogP contribution in [0.15, 0.2) is 35.5 Å². The highest BCUT2D eigenvalue weighted by atomic mass is 35.5. The topological polar surface area (TPSA) is 104 Å². The summed E-state index contributed by atoms with van der Waals surface area (Å²) in [6, 6.07) is 6.33. The molecule has 7 nitrogen and oxygen atoms in total. The highest BCUT2D eigenvalue weighted by molar-refractivity contribution is 7.89. The highest BCUT2D eigenvalue weighted by Crippen LogP contribution is 2.21. The van der Waals surface area contributed by atoms with E-state index in [1.165, 1.54) is 6.07 Å². The summed E-state index contributed by atoms with van der Waals surface area (Å²) >= 11 is 5.87.